The molecule has 0 aromatic carbocycles. The van der Waals surface area contributed by atoms with Gasteiger partial charge in [0.15, 0.2) is 0 Å². The lowest BCUT2D eigenvalue weighted by atomic mass is 10.4. The molecule has 0 rings (SSSR count). The number of aliphatic hydroxyl groups excluding tert-OH is 1. The van der Waals surface area contributed by atoms with Gasteiger partial charge < -0.3 is 10.4 Å². The summed E-state index contributed by atoms with van der Waals surface area (Å²) in [5.41, 5.74) is 0. The fourth-order valence-electron chi connectivity index (χ4n) is 0.236. The monoisotopic (exact) mass is 88.1 g/mol. The molecule has 0 aliphatic heterocycles. The van der Waals surface area contributed by atoms with Crippen molar-refractivity contribution < 1.29 is 5.11 Å². The van der Waals surface area contributed by atoms with Crippen molar-refractivity contribution in [2.24, 2.45) is 0 Å². The van der Waals surface area contributed by atoms with E-state index in [4.69, 9.17) is 5.11 Å². The average Bonchev–Trinajstić information content (AvgIpc) is 1.35. The van der Waals surface area contributed by atoms with Crippen LogP contribution in [0.1, 0.15) is 0 Å². The summed E-state index contributed by atoms with van der Waals surface area (Å²) >= 11 is 0. The third-order valence-corrected chi connectivity index (χ3v) is 0.440. The molecule has 0 aromatic rings. The van der Waals surface area contributed by atoms with Crippen LogP contribution < -0.4 is 5.32 Å². The number of aliphatic hydroxyl groups is 1. The lowest BCUT2D eigenvalue weighted by Gasteiger charge is -1.97. The third kappa shape index (κ3) is 3.92. The largest absolute Gasteiger partial charge is 0.392 e. The third-order valence-electron chi connectivity index (χ3n) is 0.440. The maximum absolute atomic E-state index is 8.38. The van der Waals surface area contributed by atoms with E-state index in [2.05, 4.69) is 12.2 Å². The van der Waals surface area contributed by atoms with Gasteiger partial charge in [0.1, 0.15) is 0 Å². The lowest BCUT2D eigenvalue weighted by Crippen LogP contribution is -2.19. The maximum atomic E-state index is 8.38. The molecule has 0 amide bonds. The minimum absolute atomic E-state index is 0.463. The molecule has 0 aliphatic carbocycles. The van der Waals surface area contributed by atoms with Gasteiger partial charge in [-0.05, 0) is 14.0 Å². The van der Waals surface area contributed by atoms with Gasteiger partial charge in [-0.3, -0.25) is 0 Å². The molecule has 0 saturated heterocycles. The van der Waals surface area contributed by atoms with E-state index >= 15 is 0 Å². The lowest BCUT2D eigenvalue weighted by molar-refractivity contribution is 0.220. The van der Waals surface area contributed by atoms with Gasteiger partial charge in [0.05, 0.1) is 6.10 Å². The van der Waals surface area contributed by atoms with E-state index in [1.165, 1.54) is 0 Å². The number of hydrogen-bond acceptors (Lipinski definition) is 2. The van der Waals surface area contributed by atoms with Crippen molar-refractivity contribution in [3.05, 3.63) is 6.92 Å². The fraction of sp³-hybridized carbons (Fsp3) is 0.750. The molecule has 2 N–H and O–H groups in total. The number of likely N-dealkylation sites (N-methyl/N-ethyl adjacent to an activating group) is 1. The Morgan fingerprint density at radius 2 is 2.50 bits per heavy atom. The SMILES string of the molecule is [CH2]C(O)CNC. The van der Waals surface area contributed by atoms with Crippen molar-refractivity contribution in [3.8, 4) is 0 Å². The first-order chi connectivity index (χ1) is 2.77. The molecule has 1 unspecified atom stereocenters. The van der Waals surface area contributed by atoms with Gasteiger partial charge >= 0.3 is 0 Å². The molecule has 0 bridgehead atoms. The Labute approximate surface area is 38.2 Å². The fourth-order valence-corrected chi connectivity index (χ4v) is 0.236. The van der Waals surface area contributed by atoms with Crippen LogP contribution in [0.4, 0.5) is 0 Å². The average molecular weight is 88.1 g/mol. The summed E-state index contributed by atoms with van der Waals surface area (Å²) in [7, 11) is 1.77. The van der Waals surface area contributed by atoms with Crippen molar-refractivity contribution in [1.82, 2.24) is 5.32 Å². The summed E-state index contributed by atoms with van der Waals surface area (Å²) in [6.07, 6.45) is -0.463. The van der Waals surface area contributed by atoms with Gasteiger partial charge in [0, 0.05) is 6.54 Å². The number of rotatable bonds is 2. The Balaban J connectivity index is 2.63. The van der Waals surface area contributed by atoms with Crippen LogP contribution in [0.15, 0.2) is 0 Å². The minimum atomic E-state index is -0.463. The molecule has 1 atom stereocenters. The van der Waals surface area contributed by atoms with Gasteiger partial charge in [-0.1, -0.05) is 0 Å². The van der Waals surface area contributed by atoms with Crippen molar-refractivity contribution in [2.75, 3.05) is 13.6 Å². The molecule has 0 fully saturated rings. The molecule has 0 saturated carbocycles. The zero-order chi connectivity index (χ0) is 4.99. The van der Waals surface area contributed by atoms with Crippen LogP contribution in [0, 0.1) is 6.92 Å². The Bertz CT molecular complexity index is 28.7. The summed E-state index contributed by atoms with van der Waals surface area (Å²) in [4.78, 5) is 0. The Hall–Kier alpha value is -0.0800. The summed E-state index contributed by atoms with van der Waals surface area (Å²) in [5.74, 6) is 0. The molecule has 0 aromatic heterocycles. The van der Waals surface area contributed by atoms with Crippen molar-refractivity contribution in [1.29, 1.82) is 0 Å². The van der Waals surface area contributed by atoms with Crippen LogP contribution in [-0.2, 0) is 0 Å². The Kier molecular flexibility index (Phi) is 3.08. The van der Waals surface area contributed by atoms with Crippen molar-refractivity contribution in [3.63, 3.8) is 0 Å². The molecule has 1 radical (unpaired) electrons. The molecule has 2 heteroatoms. The first-order valence-corrected chi connectivity index (χ1v) is 1.93. The standard InChI is InChI=1S/C4H10NO/c1-4(6)3-5-2/h4-6H,1,3H2,2H3. The Morgan fingerprint density at radius 1 is 2.00 bits per heavy atom. The zero-order valence-corrected chi connectivity index (χ0v) is 3.94. The second-order valence-corrected chi connectivity index (χ2v) is 1.21. The highest BCUT2D eigenvalue weighted by Gasteiger charge is 1.86. The van der Waals surface area contributed by atoms with E-state index in [9.17, 15) is 0 Å². The van der Waals surface area contributed by atoms with Crippen LogP contribution in [0.3, 0.4) is 0 Å². The number of nitrogens with one attached hydrogen (secondary N) is 1. The molecule has 2 nitrogen and oxygen atoms in total. The minimum Gasteiger partial charge on any atom is -0.392 e. The molecule has 6 heavy (non-hydrogen) atoms. The van der Waals surface area contributed by atoms with E-state index in [1.807, 2.05) is 0 Å². The molecular weight excluding hydrogens is 78.0 g/mol. The second-order valence-electron chi connectivity index (χ2n) is 1.21. The summed E-state index contributed by atoms with van der Waals surface area (Å²) in [6.45, 7) is 3.89. The maximum Gasteiger partial charge on any atom is 0.0665 e. The number of hydrogen-bond donors (Lipinski definition) is 2. The molecule has 0 aliphatic rings. The Morgan fingerprint density at radius 3 is 2.50 bits per heavy atom. The predicted molar refractivity (Wildman–Crippen MR) is 25.3 cm³/mol. The van der Waals surface area contributed by atoms with E-state index in [0.717, 1.165) is 0 Å². The quantitative estimate of drug-likeness (QED) is 0.472. The summed E-state index contributed by atoms with van der Waals surface area (Å²) < 4.78 is 0. The molecule has 0 heterocycles. The van der Waals surface area contributed by atoms with Gasteiger partial charge in [0.25, 0.3) is 0 Å². The van der Waals surface area contributed by atoms with Crippen LogP contribution in [0.5, 0.6) is 0 Å². The normalized spacial score (nSPS) is 14.5. The van der Waals surface area contributed by atoms with Gasteiger partial charge in [-0.2, -0.15) is 0 Å². The van der Waals surface area contributed by atoms with E-state index in [1.54, 1.807) is 7.05 Å². The van der Waals surface area contributed by atoms with E-state index in [0.29, 0.717) is 6.54 Å². The van der Waals surface area contributed by atoms with E-state index < -0.39 is 6.10 Å². The second kappa shape index (κ2) is 3.12. The molecule has 0 spiro atoms. The van der Waals surface area contributed by atoms with Crippen LogP contribution in [-0.4, -0.2) is 24.8 Å². The van der Waals surface area contributed by atoms with Gasteiger partial charge in [-0.25, -0.2) is 0 Å². The smallest absolute Gasteiger partial charge is 0.0665 e. The van der Waals surface area contributed by atoms with Crippen molar-refractivity contribution in [2.45, 2.75) is 6.10 Å². The summed E-state index contributed by atoms with van der Waals surface area (Å²) in [6, 6.07) is 0. The van der Waals surface area contributed by atoms with Crippen LogP contribution in [0.2, 0.25) is 0 Å². The zero-order valence-electron chi connectivity index (χ0n) is 3.94. The first kappa shape index (κ1) is 5.92. The molecule has 37 valence electrons. The van der Waals surface area contributed by atoms with Crippen LogP contribution in [0.25, 0.3) is 0 Å². The van der Waals surface area contributed by atoms with Crippen molar-refractivity contribution >= 4 is 0 Å². The highest BCUT2D eigenvalue weighted by atomic mass is 16.3. The predicted octanol–water partition coefficient (Wildman–Crippen LogP) is -0.599. The van der Waals surface area contributed by atoms with Gasteiger partial charge in [0.2, 0.25) is 0 Å². The summed E-state index contributed by atoms with van der Waals surface area (Å²) in [5, 5.41) is 11.1. The van der Waals surface area contributed by atoms with Crippen LogP contribution >= 0.6 is 0 Å². The van der Waals surface area contributed by atoms with E-state index in [-0.39, 0.29) is 0 Å². The molecular formula is C4H10NO. The van der Waals surface area contributed by atoms with Gasteiger partial charge in [-0.15, -0.1) is 0 Å². The topological polar surface area (TPSA) is 32.3 Å². The first-order valence-electron chi connectivity index (χ1n) is 1.93. The highest BCUT2D eigenvalue weighted by molar-refractivity contribution is 4.56. The highest BCUT2D eigenvalue weighted by Crippen LogP contribution is 1.68.